The lowest BCUT2D eigenvalue weighted by atomic mass is 9.93. The molecule has 1 aromatic rings. The van der Waals surface area contributed by atoms with Gasteiger partial charge in [0.2, 0.25) is 0 Å². The van der Waals surface area contributed by atoms with E-state index in [1.165, 1.54) is 13.8 Å². The zero-order chi connectivity index (χ0) is 15.9. The van der Waals surface area contributed by atoms with Crippen LogP contribution in [-0.2, 0) is 4.74 Å². The Bertz CT molecular complexity index is 700. The van der Waals surface area contributed by atoms with Gasteiger partial charge in [-0.2, -0.15) is 0 Å². The predicted molar refractivity (Wildman–Crippen MR) is 71.4 cm³/mol. The molecule has 5 atom stereocenters. The minimum Gasteiger partial charge on any atom is -0.391 e. The number of H-pyrrole nitrogens is 1. The standard InChI is InChI=1S/C13H16N2O6/c1-4-13(20)10(18)9(7(3)16)21-11(13)15-6(2)5-8(17)14-12(15)19/h1,5,7,9-11,16,18,20H,2-3H3,(H,14,17,19)/t7-,9+,10?,11+,13+/m0/s1. The van der Waals surface area contributed by atoms with E-state index in [4.69, 9.17) is 11.2 Å². The van der Waals surface area contributed by atoms with Crippen LogP contribution in [0.25, 0.3) is 0 Å². The topological polar surface area (TPSA) is 125 Å². The van der Waals surface area contributed by atoms with Crippen molar-refractivity contribution in [3.63, 3.8) is 0 Å². The Kier molecular flexibility index (Phi) is 3.78. The quantitative estimate of drug-likeness (QED) is 0.461. The molecule has 1 saturated heterocycles. The second-order valence-electron chi connectivity index (χ2n) is 5.06. The number of terminal acetylenes is 1. The first-order valence-electron chi connectivity index (χ1n) is 6.26. The van der Waals surface area contributed by atoms with E-state index >= 15 is 0 Å². The number of rotatable bonds is 2. The molecular weight excluding hydrogens is 280 g/mol. The predicted octanol–water partition coefficient (Wildman–Crippen LogP) is -2.15. The maximum absolute atomic E-state index is 11.9. The maximum Gasteiger partial charge on any atom is 0.330 e. The van der Waals surface area contributed by atoms with Crippen LogP contribution >= 0.6 is 0 Å². The average molecular weight is 296 g/mol. The summed E-state index contributed by atoms with van der Waals surface area (Å²) < 4.78 is 6.32. The van der Waals surface area contributed by atoms with Crippen molar-refractivity contribution in [1.29, 1.82) is 0 Å². The van der Waals surface area contributed by atoms with Gasteiger partial charge in [-0.25, -0.2) is 4.79 Å². The Morgan fingerprint density at radius 1 is 1.57 bits per heavy atom. The first-order valence-corrected chi connectivity index (χ1v) is 6.26. The maximum atomic E-state index is 11.9. The molecule has 21 heavy (non-hydrogen) atoms. The van der Waals surface area contributed by atoms with Crippen molar-refractivity contribution in [1.82, 2.24) is 9.55 Å². The molecule has 0 saturated carbocycles. The zero-order valence-electron chi connectivity index (χ0n) is 11.5. The van der Waals surface area contributed by atoms with Crippen LogP contribution in [0, 0.1) is 19.3 Å². The van der Waals surface area contributed by atoms with Crippen LogP contribution < -0.4 is 11.2 Å². The van der Waals surface area contributed by atoms with Crippen LogP contribution in [-0.4, -0.2) is 48.8 Å². The largest absolute Gasteiger partial charge is 0.391 e. The van der Waals surface area contributed by atoms with Crippen molar-refractivity contribution >= 4 is 0 Å². The van der Waals surface area contributed by atoms with E-state index in [1.807, 2.05) is 10.9 Å². The Morgan fingerprint density at radius 3 is 2.67 bits per heavy atom. The number of aromatic nitrogens is 2. The van der Waals surface area contributed by atoms with Crippen molar-refractivity contribution in [2.24, 2.45) is 0 Å². The number of nitrogens with zero attached hydrogens (tertiary/aromatic N) is 1. The van der Waals surface area contributed by atoms with Crippen molar-refractivity contribution in [3.8, 4) is 12.3 Å². The highest BCUT2D eigenvalue weighted by atomic mass is 16.6. The van der Waals surface area contributed by atoms with Gasteiger partial charge >= 0.3 is 5.69 Å². The van der Waals surface area contributed by atoms with Crippen molar-refractivity contribution < 1.29 is 20.1 Å². The molecule has 2 rings (SSSR count). The molecule has 1 unspecified atom stereocenters. The average Bonchev–Trinajstić information content (AvgIpc) is 2.63. The first-order chi connectivity index (χ1) is 9.72. The Morgan fingerprint density at radius 2 is 2.19 bits per heavy atom. The lowest BCUT2D eigenvalue weighted by molar-refractivity contribution is -0.0892. The molecule has 0 radical (unpaired) electrons. The summed E-state index contributed by atoms with van der Waals surface area (Å²) in [7, 11) is 0. The second-order valence-corrected chi connectivity index (χ2v) is 5.06. The normalized spacial score (nSPS) is 33.6. The van der Waals surface area contributed by atoms with E-state index in [2.05, 4.69) is 0 Å². The van der Waals surface area contributed by atoms with Gasteiger partial charge in [0.1, 0.15) is 12.2 Å². The van der Waals surface area contributed by atoms with E-state index in [-0.39, 0.29) is 5.69 Å². The molecular formula is C13H16N2O6. The number of aromatic amines is 1. The molecule has 0 aromatic carbocycles. The monoisotopic (exact) mass is 296 g/mol. The number of ether oxygens (including phenoxy) is 1. The number of nitrogens with one attached hydrogen (secondary N) is 1. The van der Waals surface area contributed by atoms with Crippen molar-refractivity contribution in [2.45, 2.75) is 44.0 Å². The van der Waals surface area contributed by atoms with Gasteiger partial charge in [-0.15, -0.1) is 6.42 Å². The summed E-state index contributed by atoms with van der Waals surface area (Å²) in [5.74, 6) is 2.01. The van der Waals surface area contributed by atoms with Gasteiger partial charge in [0.15, 0.2) is 11.8 Å². The number of aryl methyl sites for hydroxylation is 1. The summed E-state index contributed by atoms with van der Waals surface area (Å²) >= 11 is 0. The van der Waals surface area contributed by atoms with E-state index < -0.39 is 41.4 Å². The molecule has 0 bridgehead atoms. The smallest absolute Gasteiger partial charge is 0.330 e. The minimum atomic E-state index is -2.21. The van der Waals surface area contributed by atoms with Crippen molar-refractivity contribution in [2.75, 3.05) is 0 Å². The van der Waals surface area contributed by atoms with Gasteiger partial charge in [-0.1, -0.05) is 5.92 Å². The molecule has 1 aromatic heterocycles. The Hall–Kier alpha value is -1.92. The molecule has 8 heteroatoms. The fraction of sp³-hybridized carbons (Fsp3) is 0.538. The molecule has 0 aliphatic carbocycles. The molecule has 0 amide bonds. The summed E-state index contributed by atoms with van der Waals surface area (Å²) in [4.78, 5) is 25.2. The molecule has 8 nitrogen and oxygen atoms in total. The lowest BCUT2D eigenvalue weighted by Gasteiger charge is -2.27. The molecule has 0 spiro atoms. The third-order valence-corrected chi connectivity index (χ3v) is 3.53. The van der Waals surface area contributed by atoms with E-state index in [0.29, 0.717) is 0 Å². The van der Waals surface area contributed by atoms with Crippen molar-refractivity contribution in [3.05, 3.63) is 32.6 Å². The van der Waals surface area contributed by atoms with Crippen LogP contribution in [0.5, 0.6) is 0 Å². The molecule has 1 fully saturated rings. The summed E-state index contributed by atoms with van der Waals surface area (Å²) in [6, 6.07) is 1.13. The molecule has 1 aliphatic rings. The van der Waals surface area contributed by atoms with Gasteiger partial charge in [0, 0.05) is 11.8 Å². The summed E-state index contributed by atoms with van der Waals surface area (Å²) in [5.41, 5.74) is -3.46. The number of hydrogen-bond acceptors (Lipinski definition) is 6. The van der Waals surface area contributed by atoms with Crippen LogP contribution in [0.15, 0.2) is 15.7 Å². The fourth-order valence-corrected chi connectivity index (χ4v) is 2.43. The van der Waals surface area contributed by atoms with Crippen LogP contribution in [0.4, 0.5) is 0 Å². The van der Waals surface area contributed by atoms with Gasteiger partial charge < -0.3 is 20.1 Å². The molecule has 2 heterocycles. The van der Waals surface area contributed by atoms with Gasteiger partial charge in [0.25, 0.3) is 5.56 Å². The number of hydrogen-bond donors (Lipinski definition) is 4. The van der Waals surface area contributed by atoms with Gasteiger partial charge in [-0.3, -0.25) is 14.3 Å². The van der Waals surface area contributed by atoms with Crippen LogP contribution in [0.2, 0.25) is 0 Å². The van der Waals surface area contributed by atoms with Crippen LogP contribution in [0.3, 0.4) is 0 Å². The SMILES string of the molecule is C#C[C@@]1(O)C(O)[C@@H]([C@H](C)O)O[C@H]1n1c(C)cc(=O)[nH]c1=O. The minimum absolute atomic E-state index is 0.195. The fourth-order valence-electron chi connectivity index (χ4n) is 2.43. The molecule has 4 N–H and O–H groups in total. The number of aliphatic hydroxyl groups excluding tert-OH is 2. The third kappa shape index (κ3) is 2.30. The lowest BCUT2D eigenvalue weighted by Crippen LogP contribution is -2.49. The van der Waals surface area contributed by atoms with Crippen LogP contribution in [0.1, 0.15) is 18.8 Å². The number of aliphatic hydroxyl groups is 3. The summed E-state index contributed by atoms with van der Waals surface area (Å²) in [6.45, 7) is 2.81. The summed E-state index contributed by atoms with van der Waals surface area (Å²) in [6.07, 6.45) is -0.0450. The van der Waals surface area contributed by atoms with E-state index in [1.54, 1.807) is 0 Å². The van der Waals surface area contributed by atoms with E-state index in [0.717, 1.165) is 10.6 Å². The highest BCUT2D eigenvalue weighted by Crippen LogP contribution is 2.38. The Labute approximate surface area is 119 Å². The highest BCUT2D eigenvalue weighted by Gasteiger charge is 2.57. The summed E-state index contributed by atoms with van der Waals surface area (Å²) in [5, 5.41) is 30.1. The third-order valence-electron chi connectivity index (χ3n) is 3.53. The molecule has 114 valence electrons. The van der Waals surface area contributed by atoms with Gasteiger partial charge in [-0.05, 0) is 13.8 Å². The highest BCUT2D eigenvalue weighted by molar-refractivity contribution is 5.21. The zero-order valence-corrected chi connectivity index (χ0v) is 11.5. The molecule has 1 aliphatic heterocycles. The van der Waals surface area contributed by atoms with E-state index in [9.17, 15) is 24.9 Å². The first kappa shape index (κ1) is 15.5. The second kappa shape index (κ2) is 5.13. The Balaban J connectivity index is 2.61. The van der Waals surface area contributed by atoms with Gasteiger partial charge in [0.05, 0.1) is 6.10 Å².